The van der Waals surface area contributed by atoms with Crippen LogP contribution >= 0.6 is 11.8 Å². The molecule has 0 bridgehead atoms. The van der Waals surface area contributed by atoms with Crippen LogP contribution in [0.2, 0.25) is 0 Å². The van der Waals surface area contributed by atoms with Crippen LogP contribution in [0.1, 0.15) is 26.3 Å². The van der Waals surface area contributed by atoms with Gasteiger partial charge in [0.05, 0.1) is 14.2 Å². The quantitative estimate of drug-likeness (QED) is 0.434. The van der Waals surface area contributed by atoms with Crippen molar-refractivity contribution < 1.29 is 23.8 Å². The number of aldehydes is 1. The molecule has 126 valence electrons. The Bertz CT molecular complexity index is 742. The van der Waals surface area contributed by atoms with E-state index in [9.17, 15) is 9.59 Å². The molecular formula is C18H18O5S. The predicted molar refractivity (Wildman–Crippen MR) is 93.6 cm³/mol. The van der Waals surface area contributed by atoms with Gasteiger partial charge in [-0.15, -0.1) is 0 Å². The molecule has 24 heavy (non-hydrogen) atoms. The minimum Gasteiger partial charge on any atom is -0.496 e. The van der Waals surface area contributed by atoms with E-state index in [1.54, 1.807) is 48.2 Å². The van der Waals surface area contributed by atoms with Crippen molar-refractivity contribution in [3.05, 3.63) is 53.1 Å². The third-order valence-corrected chi connectivity index (χ3v) is 3.93. The van der Waals surface area contributed by atoms with Gasteiger partial charge in [-0.05, 0) is 30.5 Å². The van der Waals surface area contributed by atoms with Crippen LogP contribution in [0.25, 0.3) is 0 Å². The zero-order valence-electron chi connectivity index (χ0n) is 13.7. The summed E-state index contributed by atoms with van der Waals surface area (Å²) in [5.74, 6) is 1.11. The highest BCUT2D eigenvalue weighted by Crippen LogP contribution is 2.35. The third kappa shape index (κ3) is 3.89. The highest BCUT2D eigenvalue weighted by Gasteiger charge is 2.20. The molecule has 0 aliphatic rings. The molecule has 0 aliphatic heterocycles. The molecule has 0 heterocycles. The molecule has 0 spiro atoms. The Kier molecular flexibility index (Phi) is 6.26. The minimum absolute atomic E-state index is 0.313. The van der Waals surface area contributed by atoms with Gasteiger partial charge in [0.2, 0.25) is 0 Å². The van der Waals surface area contributed by atoms with Gasteiger partial charge in [0, 0.05) is 16.9 Å². The van der Waals surface area contributed by atoms with E-state index >= 15 is 0 Å². The summed E-state index contributed by atoms with van der Waals surface area (Å²) in [6, 6.07) is 10.1. The summed E-state index contributed by atoms with van der Waals surface area (Å²) >= 11 is 1.55. The predicted octanol–water partition coefficient (Wildman–Crippen LogP) is 3.60. The van der Waals surface area contributed by atoms with Crippen LogP contribution in [-0.2, 0) is 5.75 Å². The van der Waals surface area contributed by atoms with Crippen LogP contribution in [0.15, 0.2) is 36.4 Å². The lowest BCUT2D eigenvalue weighted by Gasteiger charge is -2.15. The molecule has 0 unspecified atom stereocenters. The zero-order chi connectivity index (χ0) is 17.5. The van der Waals surface area contributed by atoms with Gasteiger partial charge in [-0.2, -0.15) is 11.8 Å². The Balaban J connectivity index is 2.43. The Morgan fingerprint density at radius 1 is 1.12 bits per heavy atom. The lowest BCUT2D eigenvalue weighted by molar-refractivity contribution is 0.0725. The second kappa shape index (κ2) is 8.40. The molecule has 2 rings (SSSR count). The highest BCUT2D eigenvalue weighted by molar-refractivity contribution is 7.97. The molecule has 2 aromatic carbocycles. The van der Waals surface area contributed by atoms with Gasteiger partial charge in [-0.1, -0.05) is 12.1 Å². The fourth-order valence-corrected chi connectivity index (χ4v) is 2.77. The van der Waals surface area contributed by atoms with E-state index in [1.807, 2.05) is 6.26 Å². The summed E-state index contributed by atoms with van der Waals surface area (Å²) in [6.07, 6.45) is 2.66. The average Bonchev–Trinajstić information content (AvgIpc) is 2.62. The minimum atomic E-state index is -0.549. The molecule has 2 aromatic rings. The smallest absolute Gasteiger partial charge is 0.347 e. The standard InChI is InChI=1S/C18H18O5S/c1-21-15-7-5-4-6-14(15)18(20)23-17-13(11-24-3)8-12(10-19)9-16(17)22-2/h4-10H,11H2,1-3H3. The molecule has 0 saturated carbocycles. The van der Waals surface area contributed by atoms with Gasteiger partial charge < -0.3 is 14.2 Å². The summed E-state index contributed by atoms with van der Waals surface area (Å²) in [4.78, 5) is 23.6. The zero-order valence-corrected chi connectivity index (χ0v) is 14.5. The number of thioether (sulfide) groups is 1. The van der Waals surface area contributed by atoms with Crippen LogP contribution in [0.5, 0.6) is 17.2 Å². The van der Waals surface area contributed by atoms with Gasteiger partial charge in [0.25, 0.3) is 0 Å². The lowest BCUT2D eigenvalue weighted by atomic mass is 10.1. The second-order valence-electron chi connectivity index (χ2n) is 4.85. The maximum atomic E-state index is 12.5. The molecule has 6 heteroatoms. The van der Waals surface area contributed by atoms with Gasteiger partial charge in [0.15, 0.2) is 11.5 Å². The fourth-order valence-electron chi connectivity index (χ4n) is 2.24. The van der Waals surface area contributed by atoms with Crippen LogP contribution in [0.4, 0.5) is 0 Å². The number of rotatable bonds is 7. The molecule has 5 nitrogen and oxygen atoms in total. The SMILES string of the molecule is COc1ccccc1C(=O)Oc1c(CSC)cc(C=O)cc1OC. The fraction of sp³-hybridized carbons (Fsp3) is 0.222. The van der Waals surface area contributed by atoms with Crippen molar-refractivity contribution in [2.45, 2.75) is 5.75 Å². The Labute approximate surface area is 144 Å². The van der Waals surface area contributed by atoms with E-state index in [0.29, 0.717) is 39.7 Å². The molecule has 0 amide bonds. The van der Waals surface area contributed by atoms with Crippen molar-refractivity contribution in [1.29, 1.82) is 0 Å². The number of carbonyl (C=O) groups is 2. The van der Waals surface area contributed by atoms with Gasteiger partial charge in [-0.25, -0.2) is 4.79 Å². The van der Waals surface area contributed by atoms with Crippen molar-refractivity contribution in [2.24, 2.45) is 0 Å². The first-order chi connectivity index (χ1) is 11.6. The average molecular weight is 346 g/mol. The van der Waals surface area contributed by atoms with E-state index in [2.05, 4.69) is 0 Å². The second-order valence-corrected chi connectivity index (χ2v) is 5.72. The molecule has 0 aromatic heterocycles. The number of ether oxygens (including phenoxy) is 3. The Morgan fingerprint density at radius 2 is 1.83 bits per heavy atom. The van der Waals surface area contributed by atoms with Gasteiger partial charge >= 0.3 is 5.97 Å². The first kappa shape index (κ1) is 17.9. The number of hydrogen-bond acceptors (Lipinski definition) is 6. The van der Waals surface area contributed by atoms with E-state index in [0.717, 1.165) is 6.29 Å². The van der Waals surface area contributed by atoms with Crippen molar-refractivity contribution in [2.75, 3.05) is 20.5 Å². The maximum absolute atomic E-state index is 12.5. The van der Waals surface area contributed by atoms with Gasteiger partial charge in [0.1, 0.15) is 17.6 Å². The molecule has 0 aliphatic carbocycles. The normalized spacial score (nSPS) is 10.1. The van der Waals surface area contributed by atoms with Crippen LogP contribution in [0.3, 0.4) is 0 Å². The first-order valence-electron chi connectivity index (χ1n) is 7.14. The summed E-state index contributed by atoms with van der Waals surface area (Å²) in [6.45, 7) is 0. The monoisotopic (exact) mass is 346 g/mol. The molecule has 0 atom stereocenters. The summed E-state index contributed by atoms with van der Waals surface area (Å²) in [5, 5.41) is 0. The number of esters is 1. The molecule has 0 N–H and O–H groups in total. The first-order valence-corrected chi connectivity index (χ1v) is 8.54. The van der Waals surface area contributed by atoms with Crippen molar-refractivity contribution >= 4 is 24.0 Å². The molecule has 0 fully saturated rings. The van der Waals surface area contributed by atoms with Crippen LogP contribution in [0, 0.1) is 0 Å². The van der Waals surface area contributed by atoms with E-state index in [1.165, 1.54) is 14.2 Å². The largest absolute Gasteiger partial charge is 0.496 e. The maximum Gasteiger partial charge on any atom is 0.347 e. The molecule has 0 radical (unpaired) electrons. The summed E-state index contributed by atoms with van der Waals surface area (Å²) in [5.41, 5.74) is 1.50. The van der Waals surface area contributed by atoms with Crippen molar-refractivity contribution in [3.63, 3.8) is 0 Å². The number of methoxy groups -OCH3 is 2. The van der Waals surface area contributed by atoms with Crippen molar-refractivity contribution in [3.8, 4) is 17.2 Å². The summed E-state index contributed by atoms with van der Waals surface area (Å²) in [7, 11) is 2.96. The lowest BCUT2D eigenvalue weighted by Crippen LogP contribution is -2.12. The topological polar surface area (TPSA) is 61.8 Å². The molecular weight excluding hydrogens is 328 g/mol. The molecule has 0 saturated heterocycles. The van der Waals surface area contributed by atoms with Crippen LogP contribution in [-0.4, -0.2) is 32.7 Å². The third-order valence-electron chi connectivity index (χ3n) is 3.33. The van der Waals surface area contributed by atoms with E-state index in [-0.39, 0.29) is 0 Å². The number of para-hydroxylation sites is 1. The van der Waals surface area contributed by atoms with Gasteiger partial charge in [-0.3, -0.25) is 4.79 Å². The summed E-state index contributed by atoms with van der Waals surface area (Å²) < 4.78 is 16.1. The Hall–Kier alpha value is -2.47. The van der Waals surface area contributed by atoms with E-state index in [4.69, 9.17) is 14.2 Å². The van der Waals surface area contributed by atoms with Crippen molar-refractivity contribution in [1.82, 2.24) is 0 Å². The van der Waals surface area contributed by atoms with E-state index < -0.39 is 5.97 Å². The Morgan fingerprint density at radius 3 is 2.46 bits per heavy atom. The highest BCUT2D eigenvalue weighted by atomic mass is 32.2. The van der Waals surface area contributed by atoms with Crippen LogP contribution < -0.4 is 14.2 Å². The number of benzene rings is 2. The number of hydrogen-bond donors (Lipinski definition) is 0. The number of carbonyl (C=O) groups excluding carboxylic acids is 2.